The van der Waals surface area contributed by atoms with Crippen LogP contribution in [0.4, 0.5) is 23.4 Å². The number of aromatic nitrogens is 2. The summed E-state index contributed by atoms with van der Waals surface area (Å²) < 4.78 is 66.6. The first kappa shape index (κ1) is 26.9. The van der Waals surface area contributed by atoms with Gasteiger partial charge in [-0.25, -0.2) is 17.6 Å². The van der Waals surface area contributed by atoms with Crippen molar-refractivity contribution in [3.63, 3.8) is 0 Å². The number of nitrogens with one attached hydrogen (secondary N) is 1. The lowest BCUT2D eigenvalue weighted by Crippen LogP contribution is -2.51. The lowest BCUT2D eigenvalue weighted by molar-refractivity contribution is 0.107. The fraction of sp³-hybridized carbons (Fsp3) is 0.438. The van der Waals surface area contributed by atoms with E-state index in [1.807, 2.05) is 0 Å². The number of ether oxygens (including phenoxy) is 1. The summed E-state index contributed by atoms with van der Waals surface area (Å²) in [6, 6.07) is 8.61. The number of phenols is 1. The standard InChI is InChI=1S/C32H31F4N5O2/c33-18-12-32(8-1-9-41(32)13-18)16-43-31-38-29-23(30(39-31)40-14-19-3-4-20(15-40)37-19)6-5-22(27(29)35)24-11-21(42)10-17-2-7-25(34)28(36)26(17)24/h2,5-7,10-11,18-20,37,42H,1,3-4,8-9,12-16H2/t18-,19-,20+,32+/m1/s1. The SMILES string of the molecule is Oc1cc(-c2ccc3c(N4C[C@H]5CC[C@@H](C4)N5)nc(OC[C@@]45CCCN4C[C@H](F)C5)nc3c2F)c2c(F)c(F)ccc2c1. The predicted octanol–water partition coefficient (Wildman–Crippen LogP) is 5.47. The van der Waals surface area contributed by atoms with Crippen molar-refractivity contribution in [1.29, 1.82) is 0 Å². The van der Waals surface area contributed by atoms with Crippen molar-refractivity contribution in [3.8, 4) is 22.9 Å². The van der Waals surface area contributed by atoms with Crippen molar-refractivity contribution in [3.05, 3.63) is 53.8 Å². The fourth-order valence-electron chi connectivity index (χ4n) is 7.85. The molecule has 0 aliphatic carbocycles. The molecule has 8 rings (SSSR count). The highest BCUT2D eigenvalue weighted by Crippen LogP contribution is 2.42. The maximum atomic E-state index is 16.6. The topological polar surface area (TPSA) is 73.8 Å². The number of fused-ring (bicyclic) bond motifs is 5. The first-order valence-electron chi connectivity index (χ1n) is 14.9. The Bertz CT molecular complexity index is 1760. The number of hydrogen-bond donors (Lipinski definition) is 2. The molecule has 0 saturated carbocycles. The number of piperazine rings is 1. The first-order valence-corrected chi connectivity index (χ1v) is 14.9. The molecule has 2 bridgehead atoms. The molecule has 0 unspecified atom stereocenters. The van der Waals surface area contributed by atoms with Gasteiger partial charge >= 0.3 is 6.01 Å². The Morgan fingerprint density at radius 1 is 0.977 bits per heavy atom. The molecular formula is C32H31F4N5O2. The Hall–Kier alpha value is -3.70. The minimum absolute atomic E-state index is 0.00838. The molecule has 0 radical (unpaired) electrons. The lowest BCUT2D eigenvalue weighted by atomic mass is 9.95. The summed E-state index contributed by atoms with van der Waals surface area (Å²) in [5, 5.41) is 14.6. The van der Waals surface area contributed by atoms with Crippen LogP contribution >= 0.6 is 0 Å². The van der Waals surface area contributed by atoms with E-state index in [1.54, 1.807) is 6.07 Å². The summed E-state index contributed by atoms with van der Waals surface area (Å²) in [6.45, 7) is 2.75. The number of aromatic hydroxyl groups is 1. The number of alkyl halides is 1. The summed E-state index contributed by atoms with van der Waals surface area (Å²) in [6.07, 6.45) is 3.30. The highest BCUT2D eigenvalue weighted by Gasteiger charge is 2.49. The van der Waals surface area contributed by atoms with Gasteiger partial charge in [-0.1, -0.05) is 12.1 Å². The zero-order valence-electron chi connectivity index (χ0n) is 23.4. The van der Waals surface area contributed by atoms with Crippen molar-refractivity contribution < 1.29 is 27.4 Å². The van der Waals surface area contributed by atoms with Crippen LogP contribution in [0.3, 0.4) is 0 Å². The zero-order valence-corrected chi connectivity index (χ0v) is 23.4. The van der Waals surface area contributed by atoms with E-state index in [0.29, 0.717) is 49.3 Å². The van der Waals surface area contributed by atoms with Gasteiger partial charge in [0.2, 0.25) is 0 Å². The Kier molecular flexibility index (Phi) is 6.20. The minimum Gasteiger partial charge on any atom is -0.508 e. The van der Waals surface area contributed by atoms with Gasteiger partial charge < -0.3 is 20.1 Å². The van der Waals surface area contributed by atoms with Gasteiger partial charge in [0.05, 0.1) is 5.54 Å². The molecular weight excluding hydrogens is 562 g/mol. The fourth-order valence-corrected chi connectivity index (χ4v) is 7.85. The third-order valence-electron chi connectivity index (χ3n) is 9.80. The predicted molar refractivity (Wildman–Crippen MR) is 155 cm³/mol. The average molecular weight is 594 g/mol. The number of anilines is 1. The van der Waals surface area contributed by atoms with Crippen molar-refractivity contribution in [2.24, 2.45) is 0 Å². The van der Waals surface area contributed by atoms with E-state index in [9.17, 15) is 13.9 Å². The van der Waals surface area contributed by atoms with Crippen LogP contribution in [-0.4, -0.2) is 76.6 Å². The van der Waals surface area contributed by atoms with E-state index in [2.05, 4.69) is 20.1 Å². The molecule has 2 N–H and O–H groups in total. The van der Waals surface area contributed by atoms with E-state index >= 15 is 8.78 Å². The average Bonchev–Trinajstić information content (AvgIpc) is 3.63. The van der Waals surface area contributed by atoms with Gasteiger partial charge in [0, 0.05) is 54.5 Å². The summed E-state index contributed by atoms with van der Waals surface area (Å²) in [4.78, 5) is 13.5. The first-order chi connectivity index (χ1) is 20.8. The van der Waals surface area contributed by atoms with Gasteiger partial charge in [-0.3, -0.25) is 4.90 Å². The van der Waals surface area contributed by atoms with Crippen LogP contribution in [0.5, 0.6) is 11.8 Å². The van der Waals surface area contributed by atoms with E-state index in [1.165, 1.54) is 24.3 Å². The molecule has 3 aromatic carbocycles. The molecule has 1 aromatic heterocycles. The van der Waals surface area contributed by atoms with Gasteiger partial charge in [-0.2, -0.15) is 9.97 Å². The summed E-state index contributed by atoms with van der Waals surface area (Å²) in [5.41, 5.74) is -0.485. The van der Waals surface area contributed by atoms with Crippen LogP contribution < -0.4 is 15.0 Å². The largest absolute Gasteiger partial charge is 0.508 e. The van der Waals surface area contributed by atoms with Crippen molar-refractivity contribution in [2.45, 2.75) is 55.9 Å². The van der Waals surface area contributed by atoms with Crippen LogP contribution in [0, 0.1) is 17.5 Å². The molecule has 5 heterocycles. The highest BCUT2D eigenvalue weighted by atomic mass is 19.2. The maximum Gasteiger partial charge on any atom is 0.319 e. The van der Waals surface area contributed by atoms with Gasteiger partial charge in [0.15, 0.2) is 17.5 Å². The normalized spacial score (nSPS) is 27.0. The molecule has 224 valence electrons. The number of phenolic OH excluding ortho intramolecular Hbond substituents is 1. The number of rotatable bonds is 5. The van der Waals surface area contributed by atoms with Crippen molar-refractivity contribution in [1.82, 2.24) is 20.2 Å². The van der Waals surface area contributed by atoms with Gasteiger partial charge in [-0.15, -0.1) is 0 Å². The second-order valence-corrected chi connectivity index (χ2v) is 12.5. The number of hydrogen-bond acceptors (Lipinski definition) is 7. The van der Waals surface area contributed by atoms with E-state index in [0.717, 1.165) is 38.3 Å². The monoisotopic (exact) mass is 593 g/mol. The van der Waals surface area contributed by atoms with Crippen LogP contribution in [0.2, 0.25) is 0 Å². The second kappa shape index (κ2) is 9.92. The van der Waals surface area contributed by atoms with Gasteiger partial charge in [-0.05, 0) is 67.4 Å². The van der Waals surface area contributed by atoms with E-state index < -0.39 is 29.2 Å². The third kappa shape index (κ3) is 4.38. The lowest BCUT2D eigenvalue weighted by Gasteiger charge is -2.34. The maximum absolute atomic E-state index is 16.6. The van der Waals surface area contributed by atoms with E-state index in [-0.39, 0.29) is 45.8 Å². The number of benzene rings is 3. The zero-order chi connectivity index (χ0) is 29.5. The minimum atomic E-state index is -1.13. The summed E-state index contributed by atoms with van der Waals surface area (Å²) in [7, 11) is 0. The number of halogens is 4. The molecule has 4 fully saturated rings. The Morgan fingerprint density at radius 3 is 2.60 bits per heavy atom. The van der Waals surface area contributed by atoms with Crippen molar-refractivity contribution >= 4 is 27.5 Å². The van der Waals surface area contributed by atoms with Crippen LogP contribution in [0.25, 0.3) is 32.8 Å². The molecule has 11 heteroatoms. The van der Waals surface area contributed by atoms with Gasteiger partial charge in [0.25, 0.3) is 0 Å². The van der Waals surface area contributed by atoms with Gasteiger partial charge in [0.1, 0.15) is 29.9 Å². The molecule has 43 heavy (non-hydrogen) atoms. The van der Waals surface area contributed by atoms with Crippen LogP contribution in [0.15, 0.2) is 36.4 Å². The molecule has 4 atom stereocenters. The summed E-state index contributed by atoms with van der Waals surface area (Å²) in [5.74, 6) is -2.63. The van der Waals surface area contributed by atoms with Crippen molar-refractivity contribution in [2.75, 3.05) is 37.7 Å². The third-order valence-corrected chi connectivity index (χ3v) is 9.80. The smallest absolute Gasteiger partial charge is 0.319 e. The summed E-state index contributed by atoms with van der Waals surface area (Å²) >= 11 is 0. The van der Waals surface area contributed by atoms with Crippen LogP contribution in [0.1, 0.15) is 32.1 Å². The molecule has 4 saturated heterocycles. The second-order valence-electron chi connectivity index (χ2n) is 12.5. The molecule has 4 aliphatic rings. The van der Waals surface area contributed by atoms with E-state index in [4.69, 9.17) is 9.72 Å². The Labute approximate surface area is 245 Å². The number of nitrogens with zero attached hydrogens (tertiary/aromatic N) is 4. The highest BCUT2D eigenvalue weighted by molar-refractivity contribution is 6.01. The molecule has 4 aliphatic heterocycles. The molecule has 4 aromatic rings. The Morgan fingerprint density at radius 2 is 1.79 bits per heavy atom. The quantitative estimate of drug-likeness (QED) is 0.298. The molecule has 0 spiro atoms. The molecule has 7 nitrogen and oxygen atoms in total. The molecule has 0 amide bonds. The van der Waals surface area contributed by atoms with Crippen LogP contribution in [-0.2, 0) is 0 Å². The Balaban J connectivity index is 1.26.